The molecule has 0 spiro atoms. The highest BCUT2D eigenvalue weighted by molar-refractivity contribution is 5.82. The number of H-pyrrole nitrogens is 1. The summed E-state index contributed by atoms with van der Waals surface area (Å²) in [7, 11) is 0. The van der Waals surface area contributed by atoms with E-state index in [-0.39, 0.29) is 5.54 Å². The molecule has 1 heterocycles. The number of fused-ring (bicyclic) bond motifs is 1. The van der Waals surface area contributed by atoms with Crippen LogP contribution in [0.3, 0.4) is 0 Å². The van der Waals surface area contributed by atoms with Gasteiger partial charge in [0.2, 0.25) is 6.08 Å². The molecule has 0 unspecified atom stereocenters. The number of isocyanates is 1. The molecule has 0 amide bonds. The highest BCUT2D eigenvalue weighted by Gasteiger charge is 2.47. The topological polar surface area (TPSA) is 58.1 Å². The van der Waals surface area contributed by atoms with Crippen LogP contribution < -0.4 is 0 Å². The van der Waals surface area contributed by atoms with Crippen molar-refractivity contribution >= 4 is 17.0 Å². The molecule has 0 atom stereocenters. The zero-order chi connectivity index (χ0) is 10.3. The predicted octanol–water partition coefficient (Wildman–Crippen LogP) is 1.89. The summed E-state index contributed by atoms with van der Waals surface area (Å²) in [4.78, 5) is 14.2. The Morgan fingerprint density at radius 2 is 2.20 bits per heavy atom. The first-order chi connectivity index (χ1) is 7.36. The number of hydrogen-bond acceptors (Lipinski definition) is 3. The summed E-state index contributed by atoms with van der Waals surface area (Å²) in [6.45, 7) is 0. The summed E-state index contributed by atoms with van der Waals surface area (Å²) in [5.41, 5.74) is 1.50. The van der Waals surface area contributed by atoms with E-state index in [0.717, 1.165) is 29.4 Å². The number of aromatic nitrogens is 2. The summed E-state index contributed by atoms with van der Waals surface area (Å²) in [6, 6.07) is 7.84. The van der Waals surface area contributed by atoms with Gasteiger partial charge in [-0.05, 0) is 18.9 Å². The average molecular weight is 199 g/mol. The molecule has 0 aliphatic heterocycles. The van der Waals surface area contributed by atoms with Crippen molar-refractivity contribution in [2.45, 2.75) is 18.4 Å². The van der Waals surface area contributed by atoms with Crippen LogP contribution in [0.5, 0.6) is 0 Å². The predicted molar refractivity (Wildman–Crippen MR) is 55.1 cm³/mol. The number of rotatable bonds is 2. The first-order valence-electron chi connectivity index (χ1n) is 4.88. The van der Waals surface area contributed by atoms with Gasteiger partial charge in [0.1, 0.15) is 5.54 Å². The maximum atomic E-state index is 10.4. The van der Waals surface area contributed by atoms with Crippen LogP contribution in [0.4, 0.5) is 0 Å². The van der Waals surface area contributed by atoms with Gasteiger partial charge in [0, 0.05) is 5.39 Å². The van der Waals surface area contributed by atoms with Crippen molar-refractivity contribution in [3.8, 4) is 0 Å². The summed E-state index contributed by atoms with van der Waals surface area (Å²) in [5, 5.41) is 8.22. The lowest BCUT2D eigenvalue weighted by Crippen LogP contribution is -2.03. The molecule has 1 N–H and O–H groups in total. The first kappa shape index (κ1) is 8.38. The fourth-order valence-electron chi connectivity index (χ4n) is 1.94. The summed E-state index contributed by atoms with van der Waals surface area (Å²) in [5.74, 6) is 0. The smallest absolute Gasteiger partial charge is 0.235 e. The summed E-state index contributed by atoms with van der Waals surface area (Å²) >= 11 is 0. The van der Waals surface area contributed by atoms with E-state index in [9.17, 15) is 4.79 Å². The van der Waals surface area contributed by atoms with Gasteiger partial charge >= 0.3 is 0 Å². The Labute approximate surface area is 86.0 Å². The molecule has 1 fully saturated rings. The molecule has 0 bridgehead atoms. The molecule has 0 saturated heterocycles. The van der Waals surface area contributed by atoms with E-state index in [1.165, 1.54) is 0 Å². The minimum absolute atomic E-state index is 0.363. The second-order valence-corrected chi connectivity index (χ2v) is 3.85. The van der Waals surface area contributed by atoms with Gasteiger partial charge in [0.05, 0.1) is 11.2 Å². The third kappa shape index (κ3) is 1.12. The van der Waals surface area contributed by atoms with Crippen molar-refractivity contribution in [2.75, 3.05) is 0 Å². The number of para-hydroxylation sites is 1. The Bertz CT molecular complexity index is 562. The Kier molecular flexibility index (Phi) is 1.55. The van der Waals surface area contributed by atoms with Crippen molar-refractivity contribution in [1.82, 2.24) is 10.2 Å². The number of benzene rings is 1. The van der Waals surface area contributed by atoms with Crippen LogP contribution in [0, 0.1) is 0 Å². The number of nitrogens with zero attached hydrogens (tertiary/aromatic N) is 2. The Balaban J connectivity index is 2.24. The Morgan fingerprint density at radius 1 is 1.40 bits per heavy atom. The molecule has 2 aromatic rings. The highest BCUT2D eigenvalue weighted by Crippen LogP contribution is 2.50. The molecule has 1 aliphatic rings. The fourth-order valence-corrected chi connectivity index (χ4v) is 1.94. The molecule has 3 rings (SSSR count). The minimum atomic E-state index is -0.363. The summed E-state index contributed by atoms with van der Waals surface area (Å²) < 4.78 is 0. The number of carbonyl (C=O) groups excluding carboxylic acids is 1. The number of hydrogen-bond donors (Lipinski definition) is 1. The number of aromatic amines is 1. The van der Waals surface area contributed by atoms with Gasteiger partial charge < -0.3 is 0 Å². The molecular formula is C11H9N3O. The Hall–Kier alpha value is -1.93. The Morgan fingerprint density at radius 3 is 2.93 bits per heavy atom. The van der Waals surface area contributed by atoms with Crippen molar-refractivity contribution in [3.63, 3.8) is 0 Å². The van der Waals surface area contributed by atoms with Crippen LogP contribution >= 0.6 is 0 Å². The molecule has 4 heteroatoms. The third-order valence-electron chi connectivity index (χ3n) is 2.91. The number of nitrogens with one attached hydrogen (secondary N) is 1. The molecule has 4 nitrogen and oxygen atoms in total. The van der Waals surface area contributed by atoms with Crippen LogP contribution in [0.25, 0.3) is 10.9 Å². The van der Waals surface area contributed by atoms with E-state index in [1.54, 1.807) is 6.08 Å². The maximum Gasteiger partial charge on any atom is 0.235 e. The van der Waals surface area contributed by atoms with E-state index >= 15 is 0 Å². The standard InChI is InChI=1S/C11H9N3O/c15-7-12-11(5-6-11)10-8-3-1-2-4-9(8)13-14-10/h1-4H,5-6H2,(H,13,14). The first-order valence-corrected chi connectivity index (χ1v) is 4.88. The molecular weight excluding hydrogens is 190 g/mol. The lowest BCUT2D eigenvalue weighted by atomic mass is 10.1. The lowest BCUT2D eigenvalue weighted by Gasteiger charge is -2.03. The van der Waals surface area contributed by atoms with Gasteiger partial charge in [0.15, 0.2) is 0 Å². The molecule has 1 aromatic heterocycles. The average Bonchev–Trinajstić information content (AvgIpc) is 2.91. The van der Waals surface area contributed by atoms with Crippen LogP contribution in [0.2, 0.25) is 0 Å². The van der Waals surface area contributed by atoms with Crippen molar-refractivity contribution in [3.05, 3.63) is 30.0 Å². The van der Waals surface area contributed by atoms with E-state index in [0.29, 0.717) is 0 Å². The van der Waals surface area contributed by atoms with Gasteiger partial charge in [-0.3, -0.25) is 5.10 Å². The second kappa shape index (κ2) is 2.78. The van der Waals surface area contributed by atoms with Crippen molar-refractivity contribution in [2.24, 2.45) is 4.99 Å². The third-order valence-corrected chi connectivity index (χ3v) is 2.91. The van der Waals surface area contributed by atoms with Crippen molar-refractivity contribution in [1.29, 1.82) is 0 Å². The highest BCUT2D eigenvalue weighted by atomic mass is 16.1. The summed E-state index contributed by atoms with van der Waals surface area (Å²) in [6.07, 6.45) is 3.45. The maximum absolute atomic E-state index is 10.4. The zero-order valence-electron chi connectivity index (χ0n) is 8.03. The number of aliphatic imine (C=N–C) groups is 1. The van der Waals surface area contributed by atoms with E-state index < -0.39 is 0 Å². The van der Waals surface area contributed by atoms with Gasteiger partial charge in [0.25, 0.3) is 0 Å². The van der Waals surface area contributed by atoms with Crippen LogP contribution in [0.1, 0.15) is 18.5 Å². The fraction of sp³-hybridized carbons (Fsp3) is 0.273. The van der Waals surface area contributed by atoms with Gasteiger partial charge in [-0.15, -0.1) is 0 Å². The molecule has 74 valence electrons. The van der Waals surface area contributed by atoms with E-state index in [4.69, 9.17) is 0 Å². The van der Waals surface area contributed by atoms with Crippen molar-refractivity contribution < 1.29 is 4.79 Å². The van der Waals surface area contributed by atoms with Crippen LogP contribution in [-0.4, -0.2) is 16.3 Å². The van der Waals surface area contributed by atoms with E-state index in [2.05, 4.69) is 15.2 Å². The molecule has 1 saturated carbocycles. The molecule has 0 radical (unpaired) electrons. The monoisotopic (exact) mass is 199 g/mol. The molecule has 1 aliphatic carbocycles. The zero-order valence-corrected chi connectivity index (χ0v) is 8.03. The SMILES string of the molecule is O=C=NC1(c2[nH]nc3ccccc23)CC1. The molecule has 1 aromatic carbocycles. The normalized spacial score (nSPS) is 17.3. The quantitative estimate of drug-likeness (QED) is 0.593. The molecule has 15 heavy (non-hydrogen) atoms. The lowest BCUT2D eigenvalue weighted by molar-refractivity contribution is 0.555. The van der Waals surface area contributed by atoms with Crippen LogP contribution in [0.15, 0.2) is 29.3 Å². The van der Waals surface area contributed by atoms with Gasteiger partial charge in [-0.2, -0.15) is 10.1 Å². The van der Waals surface area contributed by atoms with E-state index in [1.807, 2.05) is 24.3 Å². The largest absolute Gasteiger partial charge is 0.279 e. The van der Waals surface area contributed by atoms with Crippen LogP contribution in [-0.2, 0) is 10.3 Å². The second-order valence-electron chi connectivity index (χ2n) is 3.85. The van der Waals surface area contributed by atoms with Gasteiger partial charge in [-0.25, -0.2) is 4.79 Å². The van der Waals surface area contributed by atoms with Gasteiger partial charge in [-0.1, -0.05) is 18.2 Å². The minimum Gasteiger partial charge on any atom is -0.279 e.